The molecule has 0 spiro atoms. The van der Waals surface area contributed by atoms with Gasteiger partial charge in [-0.05, 0) is 37.1 Å². The van der Waals surface area contributed by atoms with Gasteiger partial charge in [-0.1, -0.05) is 38.5 Å². The molecule has 0 aromatic heterocycles. The van der Waals surface area contributed by atoms with Crippen LogP contribution in [0.1, 0.15) is 39.2 Å². The smallest absolute Gasteiger partial charge is 0.237 e. The van der Waals surface area contributed by atoms with E-state index in [-0.39, 0.29) is 11.2 Å². The van der Waals surface area contributed by atoms with Crippen molar-refractivity contribution in [2.75, 3.05) is 11.1 Å². The van der Waals surface area contributed by atoms with Crippen molar-refractivity contribution in [1.82, 2.24) is 0 Å². The van der Waals surface area contributed by atoms with Crippen molar-refractivity contribution in [1.29, 1.82) is 0 Å². The Kier molecular flexibility index (Phi) is 6.88. The Morgan fingerprint density at radius 1 is 1.33 bits per heavy atom. The maximum Gasteiger partial charge on any atom is 0.237 e. The minimum Gasteiger partial charge on any atom is -0.325 e. The largest absolute Gasteiger partial charge is 0.325 e. The van der Waals surface area contributed by atoms with Crippen LogP contribution in [-0.4, -0.2) is 16.9 Å². The first-order chi connectivity index (χ1) is 8.69. The molecule has 0 radical (unpaired) electrons. The number of rotatable bonds is 7. The molecule has 100 valence electrons. The Bertz CT molecular complexity index is 379. The lowest BCUT2D eigenvalue weighted by atomic mass is 10.1. The van der Waals surface area contributed by atoms with Crippen LogP contribution >= 0.6 is 11.8 Å². The number of carbonyl (C=O) groups excluding carboxylic acids is 1. The van der Waals surface area contributed by atoms with Crippen molar-refractivity contribution in [2.24, 2.45) is 0 Å². The predicted molar refractivity (Wildman–Crippen MR) is 81.3 cm³/mol. The van der Waals surface area contributed by atoms with Crippen LogP contribution in [0.25, 0.3) is 0 Å². The van der Waals surface area contributed by atoms with E-state index in [1.54, 1.807) is 11.8 Å². The van der Waals surface area contributed by atoms with Gasteiger partial charge in [0.15, 0.2) is 0 Å². The van der Waals surface area contributed by atoms with Gasteiger partial charge in [-0.2, -0.15) is 0 Å². The van der Waals surface area contributed by atoms with Crippen molar-refractivity contribution in [3.8, 4) is 0 Å². The lowest BCUT2D eigenvalue weighted by Gasteiger charge is -2.14. The average molecular weight is 265 g/mol. The van der Waals surface area contributed by atoms with E-state index in [1.807, 2.05) is 25.1 Å². The number of unbranched alkanes of at least 4 members (excludes halogenated alkanes) is 1. The summed E-state index contributed by atoms with van der Waals surface area (Å²) in [5.41, 5.74) is 2.14. The first kappa shape index (κ1) is 15.1. The molecule has 0 aliphatic heterocycles. The minimum atomic E-state index is 0.0152. The van der Waals surface area contributed by atoms with E-state index in [0.29, 0.717) is 0 Å². The number of para-hydroxylation sites is 1. The number of nitrogens with one attached hydrogen (secondary N) is 1. The highest BCUT2D eigenvalue weighted by molar-refractivity contribution is 8.00. The van der Waals surface area contributed by atoms with Crippen molar-refractivity contribution >= 4 is 23.4 Å². The van der Waals surface area contributed by atoms with E-state index in [4.69, 9.17) is 0 Å². The van der Waals surface area contributed by atoms with E-state index in [1.165, 1.54) is 18.4 Å². The highest BCUT2D eigenvalue weighted by Gasteiger charge is 2.14. The fourth-order valence-electron chi connectivity index (χ4n) is 1.67. The van der Waals surface area contributed by atoms with Crippen LogP contribution in [0, 0.1) is 0 Å². The van der Waals surface area contributed by atoms with Crippen LogP contribution in [0.15, 0.2) is 24.3 Å². The van der Waals surface area contributed by atoms with E-state index in [2.05, 4.69) is 25.2 Å². The van der Waals surface area contributed by atoms with Crippen molar-refractivity contribution in [3.63, 3.8) is 0 Å². The SMILES string of the molecule is CCCCSC(C)C(=O)Nc1ccccc1CC. The Hall–Kier alpha value is -0.960. The fraction of sp³-hybridized carbons (Fsp3) is 0.533. The van der Waals surface area contributed by atoms with Gasteiger partial charge in [0.25, 0.3) is 0 Å². The van der Waals surface area contributed by atoms with Crippen LogP contribution in [0.3, 0.4) is 0 Å². The number of benzene rings is 1. The highest BCUT2D eigenvalue weighted by atomic mass is 32.2. The fourth-order valence-corrected chi connectivity index (χ4v) is 2.68. The molecule has 1 aromatic rings. The Balaban J connectivity index is 2.53. The summed E-state index contributed by atoms with van der Waals surface area (Å²) in [5, 5.41) is 3.04. The van der Waals surface area contributed by atoms with Gasteiger partial charge in [-0.25, -0.2) is 0 Å². The molecule has 1 amide bonds. The van der Waals surface area contributed by atoms with Gasteiger partial charge in [-0.3, -0.25) is 4.79 Å². The van der Waals surface area contributed by atoms with Gasteiger partial charge in [0.2, 0.25) is 5.91 Å². The number of thioether (sulfide) groups is 1. The van der Waals surface area contributed by atoms with Crippen molar-refractivity contribution < 1.29 is 4.79 Å². The van der Waals surface area contributed by atoms with Gasteiger partial charge in [0, 0.05) is 5.69 Å². The van der Waals surface area contributed by atoms with Crippen LogP contribution < -0.4 is 5.32 Å². The predicted octanol–water partition coefficient (Wildman–Crippen LogP) is 4.11. The third kappa shape index (κ3) is 4.73. The molecule has 1 atom stereocenters. The number of aryl methyl sites for hydroxylation is 1. The molecule has 3 heteroatoms. The first-order valence-corrected chi connectivity index (χ1v) is 7.74. The molecule has 1 unspecified atom stereocenters. The van der Waals surface area contributed by atoms with Crippen molar-refractivity contribution in [3.05, 3.63) is 29.8 Å². The zero-order chi connectivity index (χ0) is 13.4. The lowest BCUT2D eigenvalue weighted by molar-refractivity contribution is -0.115. The maximum absolute atomic E-state index is 12.0. The summed E-state index contributed by atoms with van der Waals surface area (Å²) in [7, 11) is 0. The third-order valence-corrected chi connectivity index (χ3v) is 4.13. The van der Waals surface area contributed by atoms with Gasteiger partial charge in [-0.15, -0.1) is 11.8 Å². The average Bonchev–Trinajstić information content (AvgIpc) is 2.39. The second-order valence-electron chi connectivity index (χ2n) is 4.37. The van der Waals surface area contributed by atoms with Crippen molar-refractivity contribution in [2.45, 2.75) is 45.3 Å². The molecule has 0 aliphatic rings. The van der Waals surface area contributed by atoms with E-state index in [9.17, 15) is 4.79 Å². The topological polar surface area (TPSA) is 29.1 Å². The summed E-state index contributed by atoms with van der Waals surface area (Å²) >= 11 is 1.73. The molecular formula is C15H23NOS. The van der Waals surface area contributed by atoms with Crippen LogP contribution in [0.2, 0.25) is 0 Å². The van der Waals surface area contributed by atoms with Gasteiger partial charge < -0.3 is 5.32 Å². The molecule has 0 saturated carbocycles. The summed E-state index contributed by atoms with van der Waals surface area (Å²) in [6.45, 7) is 6.25. The summed E-state index contributed by atoms with van der Waals surface area (Å²) < 4.78 is 0. The standard InChI is InChI=1S/C15H23NOS/c1-4-6-11-18-12(3)15(17)16-14-10-8-7-9-13(14)5-2/h7-10,12H,4-6,11H2,1-3H3,(H,16,17). The number of hydrogen-bond acceptors (Lipinski definition) is 2. The van der Waals surface area contributed by atoms with E-state index < -0.39 is 0 Å². The maximum atomic E-state index is 12.0. The molecule has 1 aromatic carbocycles. The minimum absolute atomic E-state index is 0.0152. The quantitative estimate of drug-likeness (QED) is 0.752. The molecule has 0 heterocycles. The number of anilines is 1. The van der Waals surface area contributed by atoms with Gasteiger partial charge in [0.1, 0.15) is 0 Å². The molecule has 0 bridgehead atoms. The first-order valence-electron chi connectivity index (χ1n) is 6.69. The lowest BCUT2D eigenvalue weighted by Crippen LogP contribution is -2.23. The molecular weight excluding hydrogens is 242 g/mol. The van der Waals surface area contributed by atoms with E-state index in [0.717, 1.165) is 17.9 Å². The van der Waals surface area contributed by atoms with Gasteiger partial charge >= 0.3 is 0 Å². The monoisotopic (exact) mass is 265 g/mol. The number of amides is 1. The third-order valence-electron chi connectivity index (χ3n) is 2.89. The Morgan fingerprint density at radius 3 is 2.72 bits per heavy atom. The Labute approximate surface area is 115 Å². The second kappa shape index (κ2) is 8.20. The molecule has 0 aliphatic carbocycles. The van der Waals surface area contributed by atoms with Crippen LogP contribution in [-0.2, 0) is 11.2 Å². The Morgan fingerprint density at radius 2 is 2.06 bits per heavy atom. The number of carbonyl (C=O) groups is 1. The molecule has 0 fully saturated rings. The normalized spacial score (nSPS) is 12.2. The zero-order valence-corrected chi connectivity index (χ0v) is 12.3. The molecule has 1 rings (SSSR count). The highest BCUT2D eigenvalue weighted by Crippen LogP contribution is 2.19. The summed E-state index contributed by atoms with van der Waals surface area (Å²) in [5.74, 6) is 1.16. The molecule has 1 N–H and O–H groups in total. The second-order valence-corrected chi connectivity index (χ2v) is 5.82. The number of hydrogen-bond donors (Lipinski definition) is 1. The van der Waals surface area contributed by atoms with E-state index >= 15 is 0 Å². The summed E-state index contributed by atoms with van der Waals surface area (Å²) in [6.07, 6.45) is 3.29. The summed E-state index contributed by atoms with van der Waals surface area (Å²) in [6, 6.07) is 8.00. The summed E-state index contributed by atoms with van der Waals surface area (Å²) in [4.78, 5) is 12.0. The molecule has 18 heavy (non-hydrogen) atoms. The zero-order valence-electron chi connectivity index (χ0n) is 11.5. The van der Waals surface area contributed by atoms with Crippen LogP contribution in [0.4, 0.5) is 5.69 Å². The van der Waals surface area contributed by atoms with Gasteiger partial charge in [0.05, 0.1) is 5.25 Å². The molecule has 0 saturated heterocycles. The molecule has 2 nitrogen and oxygen atoms in total. The van der Waals surface area contributed by atoms with Crippen LogP contribution in [0.5, 0.6) is 0 Å².